The zero-order valence-corrected chi connectivity index (χ0v) is 20.0. The maximum atomic E-state index is 12.2. The number of nitrogens with zero attached hydrogens (tertiary/aromatic N) is 1. The number of anilines is 1. The monoisotopic (exact) mass is 477 g/mol. The summed E-state index contributed by atoms with van der Waals surface area (Å²) in [6.45, 7) is 6.21. The molecule has 0 atom stereocenters. The van der Waals surface area contributed by atoms with Crippen LogP contribution in [0.15, 0.2) is 60.2 Å². The molecule has 0 bridgehead atoms. The molecular formula is C26H27N3O4S. The Kier molecular flexibility index (Phi) is 6.29. The Labute approximate surface area is 199 Å². The normalized spacial score (nSPS) is 15.8. The Hall–Kier alpha value is -3.49. The van der Waals surface area contributed by atoms with Gasteiger partial charge in [0.05, 0.1) is 6.26 Å². The maximum absolute atomic E-state index is 12.2. The number of amides is 2. The fourth-order valence-corrected chi connectivity index (χ4v) is 5.37. The average molecular weight is 478 g/mol. The standard InChI is InChI=1S/C26H27N3O4S/c1-4-25(30)28-24-7-5-6-19(16(24)2)20-8-9-21(26(27)31)23-15-18(14-22(20)23)17-10-12-29(13-11-17)34(3,32)33/h4-10,14H,1,11-13,15H2,2-3H3,(H2,27,31)(H,28,30). The van der Waals surface area contributed by atoms with Crippen molar-refractivity contribution in [2.24, 2.45) is 5.73 Å². The summed E-state index contributed by atoms with van der Waals surface area (Å²) in [7, 11) is -3.23. The van der Waals surface area contributed by atoms with Crippen molar-refractivity contribution < 1.29 is 18.0 Å². The Balaban J connectivity index is 1.78. The molecule has 0 aromatic heterocycles. The highest BCUT2D eigenvalue weighted by atomic mass is 32.2. The summed E-state index contributed by atoms with van der Waals surface area (Å²) < 4.78 is 25.2. The number of carbonyl (C=O) groups excluding carboxylic acids is 2. The molecule has 0 spiro atoms. The molecule has 8 heteroatoms. The van der Waals surface area contributed by atoms with Crippen LogP contribution in [0, 0.1) is 6.92 Å². The highest BCUT2D eigenvalue weighted by Gasteiger charge is 2.27. The summed E-state index contributed by atoms with van der Waals surface area (Å²) in [5, 5.41) is 2.83. The molecule has 2 aromatic carbocycles. The Morgan fingerprint density at radius 2 is 1.91 bits per heavy atom. The second-order valence-corrected chi connectivity index (χ2v) is 10.5. The molecule has 1 heterocycles. The van der Waals surface area contributed by atoms with Gasteiger partial charge in [0, 0.05) is 24.3 Å². The van der Waals surface area contributed by atoms with Gasteiger partial charge >= 0.3 is 0 Å². The summed E-state index contributed by atoms with van der Waals surface area (Å²) in [5.41, 5.74) is 13.6. The highest BCUT2D eigenvalue weighted by molar-refractivity contribution is 7.88. The largest absolute Gasteiger partial charge is 0.366 e. The van der Waals surface area contributed by atoms with Crippen LogP contribution in [0.25, 0.3) is 17.2 Å². The molecule has 34 heavy (non-hydrogen) atoms. The van der Waals surface area contributed by atoms with Gasteiger partial charge < -0.3 is 11.1 Å². The minimum atomic E-state index is -3.23. The van der Waals surface area contributed by atoms with Crippen molar-refractivity contribution in [3.8, 4) is 11.1 Å². The van der Waals surface area contributed by atoms with Gasteiger partial charge in [0.15, 0.2) is 0 Å². The number of hydrogen-bond acceptors (Lipinski definition) is 4. The quantitative estimate of drug-likeness (QED) is 0.621. The van der Waals surface area contributed by atoms with Gasteiger partial charge in [0.1, 0.15) is 0 Å². The molecule has 3 N–H and O–H groups in total. The number of sulfonamides is 1. The molecule has 0 unspecified atom stereocenters. The maximum Gasteiger partial charge on any atom is 0.249 e. The van der Waals surface area contributed by atoms with E-state index in [1.807, 2.05) is 37.3 Å². The molecule has 4 rings (SSSR count). The van der Waals surface area contributed by atoms with Gasteiger partial charge in [0.25, 0.3) is 0 Å². The number of allylic oxidation sites excluding steroid dienone is 1. The Bertz CT molecular complexity index is 1390. The van der Waals surface area contributed by atoms with Crippen LogP contribution in [0.1, 0.15) is 33.5 Å². The summed E-state index contributed by atoms with van der Waals surface area (Å²) >= 11 is 0. The van der Waals surface area contributed by atoms with E-state index in [0.717, 1.165) is 39.0 Å². The van der Waals surface area contributed by atoms with E-state index in [1.54, 1.807) is 6.07 Å². The molecule has 0 fully saturated rings. The lowest BCUT2D eigenvalue weighted by Crippen LogP contribution is -2.34. The van der Waals surface area contributed by atoms with Crippen molar-refractivity contribution in [3.05, 3.63) is 82.5 Å². The van der Waals surface area contributed by atoms with Gasteiger partial charge in [-0.05, 0) is 76.9 Å². The molecule has 7 nitrogen and oxygen atoms in total. The molecule has 2 aromatic rings. The van der Waals surface area contributed by atoms with Gasteiger partial charge in [-0.3, -0.25) is 9.59 Å². The first-order chi connectivity index (χ1) is 16.1. The van der Waals surface area contributed by atoms with E-state index in [4.69, 9.17) is 5.73 Å². The molecular weight excluding hydrogens is 450 g/mol. The molecule has 1 aliphatic heterocycles. The van der Waals surface area contributed by atoms with E-state index in [-0.39, 0.29) is 5.91 Å². The number of carbonyl (C=O) groups is 2. The van der Waals surface area contributed by atoms with Crippen LogP contribution in [-0.4, -0.2) is 43.9 Å². The first-order valence-electron chi connectivity index (χ1n) is 10.9. The van der Waals surface area contributed by atoms with Crippen molar-refractivity contribution >= 4 is 33.6 Å². The van der Waals surface area contributed by atoms with Crippen LogP contribution >= 0.6 is 0 Å². The van der Waals surface area contributed by atoms with Crippen molar-refractivity contribution in [1.82, 2.24) is 4.31 Å². The van der Waals surface area contributed by atoms with Crippen LogP contribution in [0.3, 0.4) is 0 Å². The molecule has 0 saturated heterocycles. The van der Waals surface area contributed by atoms with E-state index in [0.29, 0.717) is 37.2 Å². The zero-order chi connectivity index (χ0) is 24.6. The van der Waals surface area contributed by atoms with Crippen molar-refractivity contribution in [2.45, 2.75) is 19.8 Å². The van der Waals surface area contributed by atoms with Gasteiger partial charge in [-0.15, -0.1) is 0 Å². The zero-order valence-electron chi connectivity index (χ0n) is 19.2. The number of fused-ring (bicyclic) bond motifs is 1. The molecule has 0 radical (unpaired) electrons. The third-order valence-electron chi connectivity index (χ3n) is 6.43. The Morgan fingerprint density at radius 3 is 2.53 bits per heavy atom. The summed E-state index contributed by atoms with van der Waals surface area (Å²) in [4.78, 5) is 24.0. The second kappa shape index (κ2) is 9.04. The predicted octanol–water partition coefficient (Wildman–Crippen LogP) is 3.42. The average Bonchev–Trinajstić information content (AvgIpc) is 3.24. The Morgan fingerprint density at radius 1 is 1.15 bits per heavy atom. The van der Waals surface area contributed by atoms with Crippen molar-refractivity contribution in [2.75, 3.05) is 24.7 Å². The minimum absolute atomic E-state index is 0.288. The van der Waals surface area contributed by atoms with E-state index < -0.39 is 15.9 Å². The number of benzene rings is 2. The van der Waals surface area contributed by atoms with Gasteiger partial charge in [-0.1, -0.05) is 36.9 Å². The molecule has 2 aliphatic rings. The van der Waals surface area contributed by atoms with E-state index in [9.17, 15) is 18.0 Å². The number of hydrogen-bond donors (Lipinski definition) is 2. The third kappa shape index (κ3) is 4.47. The fraction of sp³-hybridized carbons (Fsp3) is 0.231. The van der Waals surface area contributed by atoms with Crippen LogP contribution < -0.4 is 11.1 Å². The SMILES string of the molecule is C=CC(=O)Nc1cccc(-c2ccc(C(N)=O)c3c2C=C(C2=CCN(S(C)(=O)=O)CC2)C3)c1C. The van der Waals surface area contributed by atoms with Crippen LogP contribution in [0.2, 0.25) is 0 Å². The van der Waals surface area contributed by atoms with Gasteiger partial charge in [-0.2, -0.15) is 4.31 Å². The van der Waals surface area contributed by atoms with Crippen molar-refractivity contribution in [1.29, 1.82) is 0 Å². The fourth-order valence-electron chi connectivity index (χ4n) is 4.60. The van der Waals surface area contributed by atoms with E-state index in [2.05, 4.69) is 18.0 Å². The number of nitrogens with two attached hydrogens (primary N) is 1. The first kappa shape index (κ1) is 23.7. The minimum Gasteiger partial charge on any atom is -0.366 e. The molecule has 0 saturated carbocycles. The van der Waals surface area contributed by atoms with E-state index in [1.165, 1.54) is 16.6 Å². The van der Waals surface area contributed by atoms with Crippen LogP contribution in [0.4, 0.5) is 5.69 Å². The summed E-state index contributed by atoms with van der Waals surface area (Å²) in [5.74, 6) is -0.772. The molecule has 1 aliphatic carbocycles. The lowest BCUT2D eigenvalue weighted by molar-refractivity contribution is -0.111. The third-order valence-corrected chi connectivity index (χ3v) is 7.70. The number of primary amides is 1. The second-order valence-electron chi connectivity index (χ2n) is 8.54. The van der Waals surface area contributed by atoms with E-state index >= 15 is 0 Å². The highest BCUT2D eigenvalue weighted by Crippen LogP contribution is 2.41. The van der Waals surface area contributed by atoms with Gasteiger partial charge in [-0.25, -0.2) is 8.42 Å². The first-order valence-corrected chi connectivity index (χ1v) is 12.8. The topological polar surface area (TPSA) is 110 Å². The number of nitrogens with one attached hydrogen (secondary N) is 1. The van der Waals surface area contributed by atoms with Crippen LogP contribution in [-0.2, 0) is 21.2 Å². The molecule has 2 amide bonds. The number of rotatable bonds is 6. The van der Waals surface area contributed by atoms with Crippen LogP contribution in [0.5, 0.6) is 0 Å². The van der Waals surface area contributed by atoms with Gasteiger partial charge in [0.2, 0.25) is 21.8 Å². The molecule has 176 valence electrons. The summed E-state index contributed by atoms with van der Waals surface area (Å²) in [6.07, 6.45) is 7.63. The van der Waals surface area contributed by atoms with Crippen molar-refractivity contribution in [3.63, 3.8) is 0 Å². The predicted molar refractivity (Wildman–Crippen MR) is 135 cm³/mol. The summed E-state index contributed by atoms with van der Waals surface area (Å²) in [6, 6.07) is 9.33. The lowest BCUT2D eigenvalue weighted by Gasteiger charge is -2.24. The lowest BCUT2D eigenvalue weighted by atomic mass is 9.90. The smallest absolute Gasteiger partial charge is 0.249 e.